The Morgan fingerprint density at radius 2 is 2.04 bits per heavy atom. The topological polar surface area (TPSA) is 37.2 Å². The largest absolute Gasteiger partial charge is 0.387 e. The molecular formula is C20H21Cl2N3O. The van der Waals surface area contributed by atoms with Crippen molar-refractivity contribution in [3.8, 4) is 0 Å². The Labute approximate surface area is 164 Å². The zero-order chi connectivity index (χ0) is 18.7. The first-order valence-corrected chi connectivity index (χ1v) is 9.27. The van der Waals surface area contributed by atoms with Crippen LogP contribution in [0.2, 0.25) is 10.0 Å². The van der Waals surface area contributed by atoms with Crippen molar-refractivity contribution in [2.45, 2.75) is 26.4 Å². The van der Waals surface area contributed by atoms with E-state index in [1.54, 1.807) is 6.34 Å². The molecule has 1 aliphatic rings. The Bertz CT molecular complexity index is 864. The maximum absolute atomic E-state index is 6.44. The quantitative estimate of drug-likeness (QED) is 0.479. The summed E-state index contributed by atoms with van der Waals surface area (Å²) in [6.07, 6.45) is 2.27. The summed E-state index contributed by atoms with van der Waals surface area (Å²) in [5, 5.41) is 5.52. The molecule has 0 radical (unpaired) electrons. The second-order valence-electron chi connectivity index (χ2n) is 6.29. The van der Waals surface area contributed by atoms with Gasteiger partial charge in [-0.3, -0.25) is 0 Å². The van der Waals surface area contributed by atoms with Gasteiger partial charge in [-0.25, -0.2) is 4.99 Å². The summed E-state index contributed by atoms with van der Waals surface area (Å²) in [4.78, 5) is 12.1. The highest BCUT2D eigenvalue weighted by atomic mass is 35.5. The molecule has 1 aliphatic heterocycles. The van der Waals surface area contributed by atoms with Gasteiger partial charge in [-0.15, -0.1) is 0 Å². The molecule has 0 bridgehead atoms. The van der Waals surface area contributed by atoms with E-state index < -0.39 is 0 Å². The number of nitrogens with zero attached hydrogens (tertiary/aromatic N) is 3. The molecule has 0 N–H and O–H groups in total. The van der Waals surface area contributed by atoms with E-state index in [-0.39, 0.29) is 6.10 Å². The molecule has 2 aromatic carbocycles. The van der Waals surface area contributed by atoms with Gasteiger partial charge in [0, 0.05) is 30.6 Å². The average molecular weight is 390 g/mol. The number of halogens is 2. The van der Waals surface area contributed by atoms with Crippen LogP contribution in [0.3, 0.4) is 0 Å². The Balaban J connectivity index is 1.80. The van der Waals surface area contributed by atoms with E-state index >= 15 is 0 Å². The number of rotatable bonds is 5. The molecular weight excluding hydrogens is 369 g/mol. The number of aliphatic imine (C=N–C) groups is 1. The third-order valence-electron chi connectivity index (χ3n) is 4.43. The molecule has 0 fully saturated rings. The van der Waals surface area contributed by atoms with Crippen LogP contribution in [0.4, 0.5) is 5.69 Å². The lowest BCUT2D eigenvalue weighted by Gasteiger charge is -2.14. The monoisotopic (exact) mass is 389 g/mol. The van der Waals surface area contributed by atoms with Crippen molar-refractivity contribution in [3.05, 3.63) is 63.1 Å². The van der Waals surface area contributed by atoms with Crippen molar-refractivity contribution < 1.29 is 4.84 Å². The van der Waals surface area contributed by atoms with Crippen LogP contribution in [-0.2, 0) is 4.84 Å². The van der Waals surface area contributed by atoms with Crippen LogP contribution in [-0.4, -0.2) is 30.5 Å². The second kappa shape index (κ2) is 8.11. The van der Waals surface area contributed by atoms with E-state index in [4.69, 9.17) is 28.0 Å². The Morgan fingerprint density at radius 3 is 2.77 bits per heavy atom. The molecule has 1 heterocycles. The fraction of sp³-hybridized carbons (Fsp3) is 0.300. The summed E-state index contributed by atoms with van der Waals surface area (Å²) in [7, 11) is 1.97. The zero-order valence-corrected chi connectivity index (χ0v) is 16.6. The first-order chi connectivity index (χ1) is 12.5. The van der Waals surface area contributed by atoms with Crippen LogP contribution < -0.4 is 0 Å². The van der Waals surface area contributed by atoms with Gasteiger partial charge in [0.25, 0.3) is 0 Å². The molecule has 1 unspecified atom stereocenters. The summed E-state index contributed by atoms with van der Waals surface area (Å²) in [6, 6.07) is 11.6. The van der Waals surface area contributed by atoms with Crippen LogP contribution >= 0.6 is 23.2 Å². The summed E-state index contributed by atoms with van der Waals surface area (Å²) < 4.78 is 0. The van der Waals surface area contributed by atoms with Gasteiger partial charge in [0.1, 0.15) is 0 Å². The molecule has 0 spiro atoms. The van der Waals surface area contributed by atoms with Crippen molar-refractivity contribution in [3.63, 3.8) is 0 Å². The molecule has 2 aromatic rings. The Hall–Kier alpha value is -2.04. The maximum Gasteiger partial charge on any atom is 0.158 e. The minimum atomic E-state index is -0.171. The van der Waals surface area contributed by atoms with Gasteiger partial charge in [-0.2, -0.15) is 0 Å². The zero-order valence-electron chi connectivity index (χ0n) is 15.0. The first kappa shape index (κ1) is 18.7. The smallest absolute Gasteiger partial charge is 0.158 e. The van der Waals surface area contributed by atoms with Crippen molar-refractivity contribution in [2.24, 2.45) is 10.1 Å². The average Bonchev–Trinajstić information content (AvgIpc) is 3.11. The summed E-state index contributed by atoms with van der Waals surface area (Å²) in [5.41, 5.74) is 4.59. The van der Waals surface area contributed by atoms with Crippen LogP contribution in [0.25, 0.3) is 0 Å². The highest BCUT2D eigenvalue weighted by Crippen LogP contribution is 2.37. The third-order valence-corrected chi connectivity index (χ3v) is 5.06. The lowest BCUT2D eigenvalue weighted by atomic mass is 9.97. The molecule has 0 saturated carbocycles. The SMILES string of the molecule is CCN(C)C=Nc1cc(C)c(C2CC(c3ccccc3Cl)=NO2)cc1Cl. The summed E-state index contributed by atoms with van der Waals surface area (Å²) in [6.45, 7) is 4.98. The predicted octanol–water partition coefficient (Wildman–Crippen LogP) is 5.78. The van der Waals surface area contributed by atoms with Crippen molar-refractivity contribution in [2.75, 3.05) is 13.6 Å². The molecule has 0 saturated heterocycles. The highest BCUT2D eigenvalue weighted by Gasteiger charge is 2.27. The molecule has 0 aliphatic carbocycles. The van der Waals surface area contributed by atoms with E-state index in [0.29, 0.717) is 16.5 Å². The molecule has 0 aromatic heterocycles. The van der Waals surface area contributed by atoms with Gasteiger partial charge in [-0.1, -0.05) is 46.6 Å². The van der Waals surface area contributed by atoms with Crippen LogP contribution in [0.5, 0.6) is 0 Å². The van der Waals surface area contributed by atoms with Gasteiger partial charge >= 0.3 is 0 Å². The van der Waals surface area contributed by atoms with Crippen molar-refractivity contribution >= 4 is 40.9 Å². The number of aryl methyl sites for hydroxylation is 1. The number of hydrogen-bond donors (Lipinski definition) is 0. The predicted molar refractivity (Wildman–Crippen MR) is 109 cm³/mol. The molecule has 136 valence electrons. The van der Waals surface area contributed by atoms with Gasteiger partial charge < -0.3 is 9.74 Å². The lowest BCUT2D eigenvalue weighted by molar-refractivity contribution is 0.0853. The summed E-state index contributed by atoms with van der Waals surface area (Å²) >= 11 is 12.7. The molecule has 4 nitrogen and oxygen atoms in total. The third kappa shape index (κ3) is 4.02. The minimum absolute atomic E-state index is 0.171. The van der Waals surface area contributed by atoms with Crippen LogP contribution in [0.1, 0.15) is 36.1 Å². The highest BCUT2D eigenvalue weighted by molar-refractivity contribution is 6.34. The minimum Gasteiger partial charge on any atom is -0.387 e. The van der Waals surface area contributed by atoms with E-state index in [1.807, 2.05) is 55.3 Å². The lowest BCUT2D eigenvalue weighted by Crippen LogP contribution is -2.14. The van der Waals surface area contributed by atoms with Crippen molar-refractivity contribution in [1.29, 1.82) is 0 Å². The van der Waals surface area contributed by atoms with Crippen molar-refractivity contribution in [1.82, 2.24) is 4.90 Å². The molecule has 3 rings (SSSR count). The molecule has 0 amide bonds. The van der Waals surface area contributed by atoms with Gasteiger partial charge in [0.05, 0.1) is 22.8 Å². The Kier molecular flexibility index (Phi) is 5.84. The van der Waals surface area contributed by atoms with Gasteiger partial charge in [-0.05, 0) is 43.2 Å². The van der Waals surface area contributed by atoms with E-state index in [9.17, 15) is 0 Å². The van der Waals surface area contributed by atoms with E-state index in [0.717, 1.165) is 34.6 Å². The number of benzene rings is 2. The first-order valence-electron chi connectivity index (χ1n) is 8.51. The maximum atomic E-state index is 6.44. The van der Waals surface area contributed by atoms with Crippen LogP contribution in [0, 0.1) is 6.92 Å². The fourth-order valence-electron chi connectivity index (χ4n) is 2.77. The molecule has 1 atom stereocenters. The van der Waals surface area contributed by atoms with E-state index in [1.165, 1.54) is 0 Å². The standard InChI is InChI=1S/C20H21Cl2N3O/c1-4-25(3)12-23-19-9-13(2)15(10-17(19)22)20-11-18(24-26-20)14-7-5-6-8-16(14)21/h5-10,12,20H,4,11H2,1-3H3. The normalized spacial score (nSPS) is 16.7. The summed E-state index contributed by atoms with van der Waals surface area (Å²) in [5.74, 6) is 0. The number of oxime groups is 1. The second-order valence-corrected chi connectivity index (χ2v) is 7.11. The fourth-order valence-corrected chi connectivity index (χ4v) is 3.23. The number of hydrogen-bond acceptors (Lipinski definition) is 3. The van der Waals surface area contributed by atoms with Gasteiger partial charge in [0.15, 0.2) is 6.10 Å². The van der Waals surface area contributed by atoms with Gasteiger partial charge in [0.2, 0.25) is 0 Å². The Morgan fingerprint density at radius 1 is 1.27 bits per heavy atom. The molecule has 26 heavy (non-hydrogen) atoms. The van der Waals surface area contributed by atoms with E-state index in [2.05, 4.69) is 17.1 Å². The molecule has 6 heteroatoms. The van der Waals surface area contributed by atoms with Crippen LogP contribution in [0.15, 0.2) is 46.5 Å².